The van der Waals surface area contributed by atoms with Gasteiger partial charge in [0.2, 0.25) is 0 Å². The molecule has 0 saturated carbocycles. The number of anilines is 4. The van der Waals surface area contributed by atoms with Crippen molar-refractivity contribution in [2.24, 2.45) is 0 Å². The summed E-state index contributed by atoms with van der Waals surface area (Å²) in [6.07, 6.45) is 4.15. The number of fused-ring (bicyclic) bond motifs is 4. The molecule has 0 radical (unpaired) electrons. The fraction of sp³-hybridized carbons (Fsp3) is 0.200. The minimum atomic E-state index is -0.00316. The predicted molar refractivity (Wildman–Crippen MR) is 206 cm³/mol. The second-order valence-corrected chi connectivity index (χ2v) is 14.0. The van der Waals surface area contributed by atoms with E-state index in [4.69, 9.17) is 9.72 Å². The van der Waals surface area contributed by atoms with Gasteiger partial charge in [0, 0.05) is 61.3 Å². The molecule has 0 atom stereocenters. The Morgan fingerprint density at radius 1 is 0.725 bits per heavy atom. The molecule has 0 aliphatic carbocycles. The van der Waals surface area contributed by atoms with Crippen molar-refractivity contribution >= 4 is 44.6 Å². The monoisotopic (exact) mass is 848 g/mol. The second-order valence-electron chi connectivity index (χ2n) is 14.0. The molecule has 7 aromatic rings. The maximum absolute atomic E-state index is 6.52. The summed E-state index contributed by atoms with van der Waals surface area (Å²) in [4.78, 5) is 9.27. The minimum Gasteiger partial charge on any atom is -0.509 e. The van der Waals surface area contributed by atoms with Crippen molar-refractivity contribution in [3.63, 3.8) is 0 Å². The molecule has 0 saturated heterocycles. The molecule has 260 valence electrons. The van der Waals surface area contributed by atoms with Crippen LogP contribution in [0.1, 0.15) is 64.5 Å². The number of hydrogen-bond donors (Lipinski definition) is 0. The zero-order chi connectivity index (χ0) is 34.4. The zero-order valence-electron chi connectivity index (χ0n) is 29.6. The Labute approximate surface area is 315 Å². The van der Waals surface area contributed by atoms with E-state index in [9.17, 15) is 0 Å². The predicted octanol–water partition coefficient (Wildman–Crippen LogP) is 12.2. The first-order valence-corrected chi connectivity index (χ1v) is 17.6. The Morgan fingerprint density at radius 3 is 2.24 bits per heavy atom. The molecule has 51 heavy (non-hydrogen) atoms. The van der Waals surface area contributed by atoms with Gasteiger partial charge in [0.1, 0.15) is 5.82 Å². The van der Waals surface area contributed by atoms with Crippen LogP contribution in [0, 0.1) is 18.8 Å². The minimum absolute atomic E-state index is 0. The normalized spacial score (nSPS) is 12.8. The van der Waals surface area contributed by atoms with Crippen molar-refractivity contribution in [3.05, 3.63) is 151 Å². The van der Waals surface area contributed by atoms with Crippen LogP contribution >= 0.6 is 0 Å². The van der Waals surface area contributed by atoms with Crippen molar-refractivity contribution in [2.75, 3.05) is 9.80 Å². The zero-order valence-corrected chi connectivity index (χ0v) is 31.9. The van der Waals surface area contributed by atoms with E-state index >= 15 is 0 Å². The number of rotatable bonds is 8. The van der Waals surface area contributed by atoms with Gasteiger partial charge in [-0.05, 0) is 83.2 Å². The third kappa shape index (κ3) is 6.45. The van der Waals surface area contributed by atoms with Gasteiger partial charge in [-0.2, -0.15) is 12.1 Å². The van der Waals surface area contributed by atoms with Gasteiger partial charge in [-0.1, -0.05) is 82.6 Å². The van der Waals surface area contributed by atoms with Gasteiger partial charge in [0.25, 0.3) is 0 Å². The largest absolute Gasteiger partial charge is 0.509 e. The number of ether oxygens (including phenoxy) is 1. The molecular weight excluding hydrogens is 808 g/mol. The van der Waals surface area contributed by atoms with Gasteiger partial charge in [-0.3, -0.25) is 0 Å². The Kier molecular flexibility index (Phi) is 9.52. The molecule has 1 aliphatic rings. The van der Waals surface area contributed by atoms with Crippen molar-refractivity contribution in [1.82, 2.24) is 9.55 Å². The Balaban J connectivity index is 0.00000406. The maximum Gasteiger partial charge on any atom is 0.135 e. The first-order valence-electron chi connectivity index (χ1n) is 17.6. The van der Waals surface area contributed by atoms with Gasteiger partial charge in [0.15, 0.2) is 0 Å². The van der Waals surface area contributed by atoms with Crippen LogP contribution in [-0.2, 0) is 26.5 Å². The van der Waals surface area contributed by atoms with E-state index in [0.29, 0.717) is 17.4 Å². The summed E-state index contributed by atoms with van der Waals surface area (Å²) in [5.74, 6) is 2.65. The van der Waals surface area contributed by atoms with Gasteiger partial charge in [-0.25, -0.2) is 4.98 Å². The Bertz CT molecular complexity index is 2330. The first kappa shape index (κ1) is 34.6. The molecule has 0 amide bonds. The average Bonchev–Trinajstić information content (AvgIpc) is 3.68. The number of hydrogen-bond acceptors (Lipinski definition) is 4. The fourth-order valence-corrected chi connectivity index (χ4v) is 7.13. The van der Waals surface area contributed by atoms with Crippen molar-refractivity contribution in [2.45, 2.75) is 58.8 Å². The van der Waals surface area contributed by atoms with Crippen LogP contribution in [0.25, 0.3) is 27.6 Å². The fourth-order valence-electron chi connectivity index (χ4n) is 7.13. The maximum atomic E-state index is 6.52. The molecule has 0 spiro atoms. The van der Waals surface area contributed by atoms with Gasteiger partial charge < -0.3 is 19.1 Å². The van der Waals surface area contributed by atoms with E-state index in [1.54, 1.807) is 0 Å². The summed E-state index contributed by atoms with van der Waals surface area (Å²) in [5, 5.41) is 2.25. The second kappa shape index (κ2) is 14.0. The van der Waals surface area contributed by atoms with Crippen LogP contribution < -0.4 is 14.5 Å². The SMILES string of the molecule is CCC(CC)c1cccc(N2[CH-]N(c3[c-]c(Oc4[c-]c5c(cc4)c4ccccc4n5-c4cc(C(C)(C)C)ccn4)ccc3)c3ccccc32)c1.[Pt]. The van der Waals surface area contributed by atoms with E-state index in [1.165, 1.54) is 11.1 Å². The summed E-state index contributed by atoms with van der Waals surface area (Å²) in [6, 6.07) is 47.5. The topological polar surface area (TPSA) is 33.5 Å². The third-order valence-corrected chi connectivity index (χ3v) is 9.87. The summed E-state index contributed by atoms with van der Waals surface area (Å²) in [5.41, 5.74) is 8.88. The van der Waals surface area contributed by atoms with E-state index < -0.39 is 0 Å². The molecule has 0 unspecified atom stereocenters. The van der Waals surface area contributed by atoms with Gasteiger partial charge >= 0.3 is 0 Å². The molecule has 8 rings (SSSR count). The molecule has 1 aliphatic heterocycles. The van der Waals surface area contributed by atoms with Crippen molar-refractivity contribution < 1.29 is 25.8 Å². The van der Waals surface area contributed by atoms with E-state index in [-0.39, 0.29) is 26.5 Å². The van der Waals surface area contributed by atoms with Crippen LogP contribution in [0.4, 0.5) is 22.7 Å². The number of aromatic nitrogens is 2. The van der Waals surface area contributed by atoms with Gasteiger partial charge in [-0.15, -0.1) is 48.1 Å². The number of nitrogens with zero attached hydrogens (tertiary/aromatic N) is 4. The Hall–Kier alpha value is -4.86. The Morgan fingerprint density at radius 2 is 1.45 bits per heavy atom. The van der Waals surface area contributed by atoms with Crippen LogP contribution in [0.3, 0.4) is 0 Å². The smallest absolute Gasteiger partial charge is 0.135 e. The molecule has 0 bridgehead atoms. The molecule has 5 nitrogen and oxygen atoms in total. The molecule has 2 aromatic heterocycles. The molecule has 6 heteroatoms. The standard InChI is InChI=1S/C45H41N4O.Pt/c1-6-31(7-2)32-14-12-15-34(26-32)47-30-48(42-21-11-10-20-41(42)47)35-16-13-17-36(28-35)50-37-22-23-39-38-18-8-9-19-40(38)49(43(39)29-37)44-27-33(24-25-46-44)45(3,4)5;/h8-27,30-31H,6-7H2,1-5H3;/q-3;. The van der Waals surface area contributed by atoms with Crippen LogP contribution in [-0.4, -0.2) is 9.55 Å². The molecule has 3 heterocycles. The van der Waals surface area contributed by atoms with E-state index in [0.717, 1.165) is 63.2 Å². The van der Waals surface area contributed by atoms with Crippen LogP contribution in [0.15, 0.2) is 121 Å². The quantitative estimate of drug-likeness (QED) is 0.143. The third-order valence-electron chi connectivity index (χ3n) is 9.87. The summed E-state index contributed by atoms with van der Waals surface area (Å²) >= 11 is 0. The first-order chi connectivity index (χ1) is 24.3. The summed E-state index contributed by atoms with van der Waals surface area (Å²) in [6.45, 7) is 13.4. The van der Waals surface area contributed by atoms with E-state index in [2.05, 4.69) is 165 Å². The van der Waals surface area contributed by atoms with Gasteiger partial charge in [0.05, 0.1) is 0 Å². The average molecular weight is 849 g/mol. The van der Waals surface area contributed by atoms with Crippen LogP contribution in [0.5, 0.6) is 11.5 Å². The van der Waals surface area contributed by atoms with Crippen LogP contribution in [0.2, 0.25) is 0 Å². The molecule has 0 N–H and O–H groups in total. The number of para-hydroxylation sites is 3. The molecule has 0 fully saturated rings. The van der Waals surface area contributed by atoms with Crippen molar-refractivity contribution in [1.29, 1.82) is 0 Å². The van der Waals surface area contributed by atoms with E-state index in [1.807, 2.05) is 24.4 Å². The molecular formula is C45H41N4OPt-3. The molecule has 5 aromatic carbocycles. The summed E-state index contributed by atoms with van der Waals surface area (Å²) < 4.78 is 8.71. The number of pyridine rings is 1. The van der Waals surface area contributed by atoms with Crippen molar-refractivity contribution in [3.8, 4) is 17.3 Å². The number of benzene rings is 5. The summed E-state index contributed by atoms with van der Waals surface area (Å²) in [7, 11) is 0.